The lowest BCUT2D eigenvalue weighted by Gasteiger charge is -2.33. The molecule has 0 bridgehead atoms. The van der Waals surface area contributed by atoms with E-state index >= 15 is 0 Å². The monoisotopic (exact) mass is 297 g/mol. The maximum Gasteiger partial charge on any atom is 0.315 e. The van der Waals surface area contributed by atoms with Gasteiger partial charge in [-0.25, -0.2) is 4.79 Å². The second-order valence-corrected chi connectivity index (χ2v) is 6.32. The van der Waals surface area contributed by atoms with E-state index in [9.17, 15) is 14.7 Å². The molecule has 0 radical (unpaired) electrons. The van der Waals surface area contributed by atoms with Crippen molar-refractivity contribution >= 4 is 12.0 Å². The first-order valence-electron chi connectivity index (χ1n) is 8.05. The summed E-state index contributed by atoms with van der Waals surface area (Å²) in [4.78, 5) is 25.5. The Kier molecular flexibility index (Phi) is 5.85. The molecule has 1 aliphatic carbocycles. The average molecular weight is 297 g/mol. The van der Waals surface area contributed by atoms with Crippen LogP contribution < -0.4 is 10.6 Å². The molecule has 2 aliphatic rings. The average Bonchev–Trinajstić information content (AvgIpc) is 2.47. The van der Waals surface area contributed by atoms with Gasteiger partial charge >= 0.3 is 12.0 Å². The first-order valence-corrected chi connectivity index (χ1v) is 8.05. The number of urea groups is 1. The lowest BCUT2D eigenvalue weighted by Crippen LogP contribution is -2.52. The fourth-order valence-corrected chi connectivity index (χ4v) is 3.43. The Morgan fingerprint density at radius 3 is 2.57 bits per heavy atom. The number of likely N-dealkylation sites (N-methyl/N-ethyl adjacent to an activating group) is 1. The van der Waals surface area contributed by atoms with Gasteiger partial charge in [0.05, 0.1) is 5.92 Å². The summed E-state index contributed by atoms with van der Waals surface area (Å²) in [6, 6.07) is -0.0708. The molecule has 0 aromatic rings. The largest absolute Gasteiger partial charge is 0.481 e. The number of carboxylic acids is 1. The van der Waals surface area contributed by atoms with Crippen molar-refractivity contribution in [2.24, 2.45) is 5.92 Å². The van der Waals surface area contributed by atoms with E-state index in [-0.39, 0.29) is 12.1 Å². The molecule has 0 spiro atoms. The standard InChI is InChI=1S/C15H27N3O3/c1-18-9-5-4-6-11(18)10-16-15(21)17-13-8-3-2-7-12(13)14(19)20/h11-13H,2-10H2,1H3,(H,19,20)(H2,16,17,21). The summed E-state index contributed by atoms with van der Waals surface area (Å²) >= 11 is 0. The van der Waals surface area contributed by atoms with Gasteiger partial charge in [-0.05, 0) is 39.3 Å². The molecule has 6 heteroatoms. The van der Waals surface area contributed by atoms with Crippen LogP contribution in [0.15, 0.2) is 0 Å². The number of rotatable bonds is 4. The van der Waals surface area contributed by atoms with Crippen molar-refractivity contribution in [3.8, 4) is 0 Å². The highest BCUT2D eigenvalue weighted by molar-refractivity contribution is 5.76. The van der Waals surface area contributed by atoms with Crippen LogP contribution >= 0.6 is 0 Å². The fourth-order valence-electron chi connectivity index (χ4n) is 3.43. The molecule has 1 aliphatic heterocycles. The Balaban J connectivity index is 1.76. The van der Waals surface area contributed by atoms with Gasteiger partial charge in [0.1, 0.15) is 0 Å². The van der Waals surface area contributed by atoms with Gasteiger partial charge in [-0.2, -0.15) is 0 Å². The topological polar surface area (TPSA) is 81.7 Å². The lowest BCUT2D eigenvalue weighted by molar-refractivity contribution is -0.143. The number of amides is 2. The summed E-state index contributed by atoms with van der Waals surface area (Å²) < 4.78 is 0. The smallest absolute Gasteiger partial charge is 0.315 e. The Morgan fingerprint density at radius 1 is 1.14 bits per heavy atom. The van der Waals surface area contributed by atoms with E-state index in [1.807, 2.05) is 0 Å². The number of carboxylic acid groups (broad SMARTS) is 1. The Hall–Kier alpha value is -1.30. The van der Waals surface area contributed by atoms with Crippen LogP contribution in [0.1, 0.15) is 44.9 Å². The summed E-state index contributed by atoms with van der Waals surface area (Å²) in [6.07, 6.45) is 6.88. The zero-order valence-corrected chi connectivity index (χ0v) is 12.8. The maximum absolute atomic E-state index is 12.0. The first kappa shape index (κ1) is 16.1. The van der Waals surface area contributed by atoms with Crippen LogP contribution in [0.2, 0.25) is 0 Å². The Labute approximate surface area is 126 Å². The number of hydrogen-bond acceptors (Lipinski definition) is 3. The normalized spacial score (nSPS) is 30.6. The minimum atomic E-state index is -0.799. The third-order valence-corrected chi connectivity index (χ3v) is 4.82. The van der Waals surface area contributed by atoms with Crippen LogP contribution in [0.3, 0.4) is 0 Å². The van der Waals surface area contributed by atoms with E-state index in [2.05, 4.69) is 22.6 Å². The molecule has 0 aromatic heterocycles. The quantitative estimate of drug-likeness (QED) is 0.733. The number of likely N-dealkylation sites (tertiary alicyclic amines) is 1. The summed E-state index contributed by atoms with van der Waals surface area (Å²) in [5.74, 6) is -1.24. The fraction of sp³-hybridized carbons (Fsp3) is 0.867. The highest BCUT2D eigenvalue weighted by atomic mass is 16.4. The van der Waals surface area contributed by atoms with Gasteiger partial charge < -0.3 is 20.6 Å². The minimum Gasteiger partial charge on any atom is -0.481 e. The lowest BCUT2D eigenvalue weighted by atomic mass is 9.84. The number of nitrogens with one attached hydrogen (secondary N) is 2. The number of aliphatic carboxylic acids is 1. The molecule has 1 heterocycles. The summed E-state index contributed by atoms with van der Waals surface area (Å²) in [7, 11) is 2.09. The third kappa shape index (κ3) is 4.59. The van der Waals surface area contributed by atoms with E-state index in [1.54, 1.807) is 0 Å². The predicted molar refractivity (Wildman–Crippen MR) is 80.2 cm³/mol. The second-order valence-electron chi connectivity index (χ2n) is 6.32. The van der Waals surface area contributed by atoms with Crippen molar-refractivity contribution in [1.29, 1.82) is 0 Å². The molecule has 21 heavy (non-hydrogen) atoms. The van der Waals surface area contributed by atoms with Gasteiger partial charge in [-0.15, -0.1) is 0 Å². The van der Waals surface area contributed by atoms with E-state index in [1.165, 1.54) is 12.8 Å². The summed E-state index contributed by atoms with van der Waals surface area (Å²) in [5.41, 5.74) is 0. The zero-order chi connectivity index (χ0) is 15.2. The molecule has 0 aromatic carbocycles. The van der Waals surface area contributed by atoms with Crippen molar-refractivity contribution in [2.45, 2.75) is 57.0 Å². The molecule has 2 fully saturated rings. The third-order valence-electron chi connectivity index (χ3n) is 4.82. The van der Waals surface area contributed by atoms with Gasteiger partial charge in [-0.1, -0.05) is 19.3 Å². The van der Waals surface area contributed by atoms with Gasteiger partial charge in [0, 0.05) is 18.6 Å². The molecule has 2 amide bonds. The van der Waals surface area contributed by atoms with Gasteiger partial charge in [0.15, 0.2) is 0 Å². The van der Waals surface area contributed by atoms with Gasteiger partial charge in [-0.3, -0.25) is 4.79 Å². The molecular weight excluding hydrogens is 270 g/mol. The van der Waals surface area contributed by atoms with Crippen molar-refractivity contribution < 1.29 is 14.7 Å². The second kappa shape index (κ2) is 7.64. The Bertz CT molecular complexity index is 375. The number of nitrogens with zero attached hydrogens (tertiary/aromatic N) is 1. The molecule has 120 valence electrons. The molecule has 3 unspecified atom stereocenters. The molecule has 1 saturated heterocycles. The number of carbonyl (C=O) groups excluding carboxylic acids is 1. The van der Waals surface area contributed by atoms with Crippen molar-refractivity contribution in [3.05, 3.63) is 0 Å². The number of hydrogen-bond donors (Lipinski definition) is 3. The summed E-state index contributed by atoms with van der Waals surface area (Å²) in [6.45, 7) is 1.71. The zero-order valence-electron chi connectivity index (χ0n) is 12.8. The van der Waals surface area contributed by atoms with E-state index in [4.69, 9.17) is 0 Å². The number of carbonyl (C=O) groups is 2. The van der Waals surface area contributed by atoms with Crippen molar-refractivity contribution in [2.75, 3.05) is 20.1 Å². The first-order chi connectivity index (χ1) is 10.1. The molecule has 1 saturated carbocycles. The molecule has 6 nitrogen and oxygen atoms in total. The molecular formula is C15H27N3O3. The van der Waals surface area contributed by atoms with Gasteiger partial charge in [0.25, 0.3) is 0 Å². The van der Waals surface area contributed by atoms with Crippen molar-refractivity contribution in [3.63, 3.8) is 0 Å². The predicted octanol–water partition coefficient (Wildman–Crippen LogP) is 1.41. The van der Waals surface area contributed by atoms with Crippen molar-refractivity contribution in [1.82, 2.24) is 15.5 Å². The van der Waals surface area contributed by atoms with Crippen LogP contribution in [0.4, 0.5) is 4.79 Å². The Morgan fingerprint density at radius 2 is 1.86 bits per heavy atom. The molecule has 3 atom stereocenters. The van der Waals surface area contributed by atoms with Crippen LogP contribution in [-0.4, -0.2) is 54.2 Å². The highest BCUT2D eigenvalue weighted by Gasteiger charge is 2.32. The van der Waals surface area contributed by atoms with E-state index in [0.29, 0.717) is 19.0 Å². The molecule has 3 N–H and O–H groups in total. The minimum absolute atomic E-state index is 0.230. The van der Waals surface area contributed by atoms with Gasteiger partial charge in [0.2, 0.25) is 0 Å². The SMILES string of the molecule is CN1CCCCC1CNC(=O)NC1CCCCC1C(=O)O. The van der Waals surface area contributed by atoms with Crippen LogP contribution in [0.5, 0.6) is 0 Å². The number of piperidine rings is 1. The van der Waals surface area contributed by atoms with Crippen LogP contribution in [0.25, 0.3) is 0 Å². The van der Waals surface area contributed by atoms with Crippen LogP contribution in [-0.2, 0) is 4.79 Å². The highest BCUT2D eigenvalue weighted by Crippen LogP contribution is 2.24. The van der Waals surface area contributed by atoms with Crippen LogP contribution in [0, 0.1) is 5.92 Å². The summed E-state index contributed by atoms with van der Waals surface area (Å²) in [5, 5.41) is 15.0. The van der Waals surface area contributed by atoms with E-state index < -0.39 is 11.9 Å². The maximum atomic E-state index is 12.0. The van der Waals surface area contributed by atoms with E-state index in [0.717, 1.165) is 32.2 Å². The molecule has 2 rings (SSSR count).